The summed E-state index contributed by atoms with van der Waals surface area (Å²) in [7, 11) is 0. The summed E-state index contributed by atoms with van der Waals surface area (Å²) in [4.78, 5) is 13.4. The summed E-state index contributed by atoms with van der Waals surface area (Å²) in [5.41, 5.74) is -0.504. The molecule has 0 aromatic heterocycles. The lowest BCUT2D eigenvalue weighted by Crippen LogP contribution is -2.67. The van der Waals surface area contributed by atoms with Crippen molar-refractivity contribution in [1.82, 2.24) is 10.2 Å². The fraction of sp³-hybridized carbons (Fsp3) is 0.923. The zero-order chi connectivity index (χ0) is 15.2. The summed E-state index contributed by atoms with van der Waals surface area (Å²) < 4.78 is 41.4. The SMILES string of the molecule is CC(C)(C)OC(=O)N1CC2(CC(NCC(F)(F)F)C2)C1. The molecule has 1 amide bonds. The van der Waals surface area contributed by atoms with Crippen LogP contribution in [0, 0.1) is 5.41 Å². The molecule has 0 aromatic carbocycles. The summed E-state index contributed by atoms with van der Waals surface area (Å²) in [6.45, 7) is 5.66. The van der Waals surface area contributed by atoms with E-state index in [0.29, 0.717) is 25.9 Å². The maximum absolute atomic E-state index is 12.1. The molecular weight excluding hydrogens is 273 g/mol. The van der Waals surface area contributed by atoms with Gasteiger partial charge < -0.3 is 15.0 Å². The molecule has 1 N–H and O–H groups in total. The maximum Gasteiger partial charge on any atom is 0.410 e. The zero-order valence-electron chi connectivity index (χ0n) is 12.0. The van der Waals surface area contributed by atoms with Gasteiger partial charge in [0.25, 0.3) is 0 Å². The Labute approximate surface area is 116 Å². The average Bonchev–Trinajstić information content (AvgIpc) is 2.07. The van der Waals surface area contributed by atoms with Crippen LogP contribution in [0.15, 0.2) is 0 Å². The Bertz CT molecular complexity index is 376. The van der Waals surface area contributed by atoms with E-state index < -0.39 is 18.3 Å². The predicted molar refractivity (Wildman–Crippen MR) is 67.3 cm³/mol. The molecule has 0 unspecified atom stereocenters. The Morgan fingerprint density at radius 2 is 1.85 bits per heavy atom. The van der Waals surface area contributed by atoms with Gasteiger partial charge in [0.15, 0.2) is 0 Å². The Balaban J connectivity index is 1.67. The highest BCUT2D eigenvalue weighted by molar-refractivity contribution is 5.69. The highest BCUT2D eigenvalue weighted by Gasteiger charge is 2.54. The van der Waals surface area contributed by atoms with E-state index in [0.717, 1.165) is 0 Å². The monoisotopic (exact) mass is 294 g/mol. The highest BCUT2D eigenvalue weighted by Crippen LogP contribution is 2.48. The van der Waals surface area contributed by atoms with E-state index in [9.17, 15) is 18.0 Å². The zero-order valence-corrected chi connectivity index (χ0v) is 12.0. The van der Waals surface area contributed by atoms with Gasteiger partial charge in [0.05, 0.1) is 6.54 Å². The first-order valence-corrected chi connectivity index (χ1v) is 6.76. The fourth-order valence-electron chi connectivity index (χ4n) is 2.87. The molecule has 1 saturated heterocycles. The molecule has 1 saturated carbocycles. The highest BCUT2D eigenvalue weighted by atomic mass is 19.4. The van der Waals surface area contributed by atoms with Gasteiger partial charge in [-0.15, -0.1) is 0 Å². The number of rotatable bonds is 2. The third-order valence-electron chi connectivity index (χ3n) is 3.65. The van der Waals surface area contributed by atoms with Crippen molar-refractivity contribution in [2.75, 3.05) is 19.6 Å². The summed E-state index contributed by atoms with van der Waals surface area (Å²) >= 11 is 0. The molecule has 2 rings (SSSR count). The number of hydrogen-bond acceptors (Lipinski definition) is 3. The Morgan fingerprint density at radius 3 is 2.30 bits per heavy atom. The maximum atomic E-state index is 12.1. The van der Waals surface area contributed by atoms with Crippen LogP contribution in [-0.2, 0) is 4.74 Å². The van der Waals surface area contributed by atoms with Crippen molar-refractivity contribution in [3.05, 3.63) is 0 Å². The molecule has 2 aliphatic rings. The van der Waals surface area contributed by atoms with Crippen molar-refractivity contribution < 1.29 is 22.7 Å². The number of nitrogens with one attached hydrogen (secondary N) is 1. The topological polar surface area (TPSA) is 41.6 Å². The lowest BCUT2D eigenvalue weighted by atomic mass is 9.61. The van der Waals surface area contributed by atoms with Crippen molar-refractivity contribution in [3.63, 3.8) is 0 Å². The van der Waals surface area contributed by atoms with Crippen molar-refractivity contribution >= 4 is 6.09 Å². The summed E-state index contributed by atoms with van der Waals surface area (Å²) in [6, 6.07) is -0.0857. The minimum absolute atomic E-state index is 0.0141. The number of carbonyl (C=O) groups is 1. The van der Waals surface area contributed by atoms with Crippen LogP contribution >= 0.6 is 0 Å². The molecule has 1 aliphatic carbocycles. The number of nitrogens with zero attached hydrogens (tertiary/aromatic N) is 1. The standard InChI is InChI=1S/C13H21F3N2O2/c1-11(2,3)20-10(19)18-7-12(8-18)4-9(5-12)17-6-13(14,15)16/h9,17H,4-8H2,1-3H3. The normalized spacial score (nSPS) is 22.4. The van der Waals surface area contributed by atoms with E-state index in [1.807, 2.05) is 0 Å². The lowest BCUT2D eigenvalue weighted by molar-refractivity contribution is -0.135. The van der Waals surface area contributed by atoms with Crippen LogP contribution in [0.4, 0.5) is 18.0 Å². The van der Waals surface area contributed by atoms with Gasteiger partial charge in [0, 0.05) is 24.5 Å². The van der Waals surface area contributed by atoms with Crippen LogP contribution in [-0.4, -0.2) is 48.4 Å². The van der Waals surface area contributed by atoms with Gasteiger partial charge in [-0.25, -0.2) is 4.79 Å². The van der Waals surface area contributed by atoms with Crippen LogP contribution in [0.1, 0.15) is 33.6 Å². The molecule has 2 fully saturated rings. The molecular formula is C13H21F3N2O2. The Hall–Kier alpha value is -0.980. The lowest BCUT2D eigenvalue weighted by Gasteiger charge is -2.58. The van der Waals surface area contributed by atoms with E-state index in [-0.39, 0.29) is 17.6 Å². The number of ether oxygens (including phenoxy) is 1. The third kappa shape index (κ3) is 3.77. The molecule has 0 bridgehead atoms. The van der Waals surface area contributed by atoms with E-state index in [2.05, 4.69) is 5.32 Å². The van der Waals surface area contributed by atoms with E-state index in [4.69, 9.17) is 4.74 Å². The van der Waals surface area contributed by atoms with Gasteiger partial charge in [-0.2, -0.15) is 13.2 Å². The number of halogens is 3. The second-order valence-corrected chi connectivity index (χ2v) is 6.94. The number of hydrogen-bond donors (Lipinski definition) is 1. The van der Waals surface area contributed by atoms with Crippen molar-refractivity contribution in [3.8, 4) is 0 Å². The Morgan fingerprint density at radius 1 is 1.30 bits per heavy atom. The van der Waals surface area contributed by atoms with Crippen molar-refractivity contribution in [2.45, 2.75) is 51.4 Å². The third-order valence-corrected chi connectivity index (χ3v) is 3.65. The quantitative estimate of drug-likeness (QED) is 0.851. The van der Waals surface area contributed by atoms with E-state index in [1.54, 1.807) is 25.7 Å². The van der Waals surface area contributed by atoms with Crippen LogP contribution in [0.25, 0.3) is 0 Å². The van der Waals surface area contributed by atoms with Crippen LogP contribution in [0.2, 0.25) is 0 Å². The average molecular weight is 294 g/mol. The van der Waals surface area contributed by atoms with Gasteiger partial charge in [0.1, 0.15) is 5.60 Å². The summed E-state index contributed by atoms with van der Waals surface area (Å²) in [5, 5.41) is 2.51. The molecule has 1 heterocycles. The van der Waals surface area contributed by atoms with Crippen molar-refractivity contribution in [1.29, 1.82) is 0 Å². The van der Waals surface area contributed by atoms with E-state index in [1.165, 1.54) is 0 Å². The van der Waals surface area contributed by atoms with E-state index >= 15 is 0 Å². The van der Waals surface area contributed by atoms with Gasteiger partial charge in [-0.3, -0.25) is 0 Å². The molecule has 1 spiro atoms. The van der Waals surface area contributed by atoms with Crippen LogP contribution < -0.4 is 5.32 Å². The summed E-state index contributed by atoms with van der Waals surface area (Å²) in [6.07, 6.45) is -3.11. The van der Waals surface area contributed by atoms with Crippen LogP contribution in [0.3, 0.4) is 0 Å². The molecule has 0 radical (unpaired) electrons. The predicted octanol–water partition coefficient (Wildman–Crippen LogP) is 2.54. The molecule has 0 atom stereocenters. The Kier molecular flexibility index (Phi) is 3.69. The number of alkyl halides is 3. The van der Waals surface area contributed by atoms with Gasteiger partial charge in [0.2, 0.25) is 0 Å². The minimum Gasteiger partial charge on any atom is -0.444 e. The minimum atomic E-state index is -4.16. The first-order chi connectivity index (χ1) is 8.98. The molecule has 20 heavy (non-hydrogen) atoms. The molecule has 7 heteroatoms. The number of likely N-dealkylation sites (tertiary alicyclic amines) is 1. The van der Waals surface area contributed by atoms with Gasteiger partial charge in [-0.1, -0.05) is 0 Å². The summed E-state index contributed by atoms with van der Waals surface area (Å²) in [5.74, 6) is 0. The van der Waals surface area contributed by atoms with Crippen LogP contribution in [0.5, 0.6) is 0 Å². The first kappa shape index (κ1) is 15.4. The number of amides is 1. The second kappa shape index (κ2) is 4.79. The van der Waals surface area contributed by atoms with Gasteiger partial charge >= 0.3 is 12.3 Å². The molecule has 1 aliphatic heterocycles. The first-order valence-electron chi connectivity index (χ1n) is 6.76. The molecule has 0 aromatic rings. The van der Waals surface area contributed by atoms with Gasteiger partial charge in [-0.05, 0) is 33.6 Å². The second-order valence-electron chi connectivity index (χ2n) is 6.94. The largest absolute Gasteiger partial charge is 0.444 e. The van der Waals surface area contributed by atoms with Crippen molar-refractivity contribution in [2.24, 2.45) is 5.41 Å². The smallest absolute Gasteiger partial charge is 0.410 e. The molecule has 116 valence electrons. The molecule has 4 nitrogen and oxygen atoms in total. The number of carbonyl (C=O) groups excluding carboxylic acids is 1. The fourth-order valence-corrected chi connectivity index (χ4v) is 2.87.